The topological polar surface area (TPSA) is 65.8 Å². The van der Waals surface area contributed by atoms with Crippen LogP contribution in [0.25, 0.3) is 0 Å². The molecule has 1 N–H and O–H groups in total. The molecule has 0 aliphatic carbocycles. The van der Waals surface area contributed by atoms with Gasteiger partial charge in [0.05, 0.1) is 5.56 Å². The molecule has 0 saturated heterocycles. The van der Waals surface area contributed by atoms with Crippen molar-refractivity contribution >= 4 is 17.5 Å². The number of aromatic nitrogens is 1. The number of nitrogens with zero attached hydrogens (tertiary/aromatic N) is 2. The Morgan fingerprint density at radius 1 is 1.32 bits per heavy atom. The van der Waals surface area contributed by atoms with Crippen molar-refractivity contribution < 1.29 is 4.79 Å². The molecule has 4 nitrogen and oxygen atoms in total. The number of pyridine rings is 1. The van der Waals surface area contributed by atoms with E-state index < -0.39 is 0 Å². The van der Waals surface area contributed by atoms with Gasteiger partial charge in [-0.2, -0.15) is 5.26 Å². The maximum Gasteiger partial charge on any atom is 0.270 e. The first kappa shape index (κ1) is 13.1. The number of benzene rings is 1. The molecule has 0 spiro atoms. The van der Waals surface area contributed by atoms with E-state index in [-0.39, 0.29) is 11.6 Å². The first-order chi connectivity index (χ1) is 9.20. The number of hydrogen-bond acceptors (Lipinski definition) is 3. The van der Waals surface area contributed by atoms with Crippen molar-refractivity contribution in [2.75, 3.05) is 0 Å². The van der Waals surface area contributed by atoms with Gasteiger partial charge in [0, 0.05) is 17.8 Å². The van der Waals surface area contributed by atoms with E-state index in [2.05, 4.69) is 10.3 Å². The van der Waals surface area contributed by atoms with E-state index in [4.69, 9.17) is 16.9 Å². The molecule has 0 saturated carbocycles. The highest BCUT2D eigenvalue weighted by molar-refractivity contribution is 6.31. The quantitative estimate of drug-likeness (QED) is 0.933. The third-order valence-corrected chi connectivity index (χ3v) is 2.89. The minimum atomic E-state index is -0.301. The number of nitrogens with one attached hydrogen (secondary N) is 1. The van der Waals surface area contributed by atoms with E-state index >= 15 is 0 Å². The van der Waals surface area contributed by atoms with Crippen LogP contribution >= 0.6 is 11.6 Å². The molecule has 0 unspecified atom stereocenters. The summed E-state index contributed by atoms with van der Waals surface area (Å²) < 4.78 is 0. The van der Waals surface area contributed by atoms with Gasteiger partial charge in [-0.15, -0.1) is 0 Å². The van der Waals surface area contributed by atoms with Gasteiger partial charge in [-0.3, -0.25) is 4.79 Å². The van der Waals surface area contributed by atoms with E-state index in [0.717, 1.165) is 5.56 Å². The molecular weight excluding hydrogens is 262 g/mol. The maximum atomic E-state index is 11.8. The van der Waals surface area contributed by atoms with Gasteiger partial charge in [-0.1, -0.05) is 29.8 Å². The van der Waals surface area contributed by atoms with Gasteiger partial charge < -0.3 is 5.32 Å². The van der Waals surface area contributed by atoms with E-state index in [1.54, 1.807) is 12.1 Å². The lowest BCUT2D eigenvalue weighted by atomic mass is 10.2. The molecule has 2 aromatic rings. The number of hydrogen-bond donors (Lipinski definition) is 1. The molecule has 0 fully saturated rings. The summed E-state index contributed by atoms with van der Waals surface area (Å²) in [5.74, 6) is -0.301. The number of amides is 1. The summed E-state index contributed by atoms with van der Waals surface area (Å²) in [7, 11) is 0. The van der Waals surface area contributed by atoms with E-state index in [1.165, 1.54) is 12.3 Å². The number of carbonyl (C=O) groups is 1. The number of carbonyl (C=O) groups excluding carboxylic acids is 1. The molecule has 1 amide bonds. The summed E-state index contributed by atoms with van der Waals surface area (Å²) in [6.45, 7) is 0.334. The van der Waals surface area contributed by atoms with Gasteiger partial charge in [0.15, 0.2) is 0 Å². The van der Waals surface area contributed by atoms with Crippen LogP contribution in [0.15, 0.2) is 42.6 Å². The Labute approximate surface area is 115 Å². The zero-order chi connectivity index (χ0) is 13.7. The first-order valence-corrected chi connectivity index (χ1v) is 5.96. The number of nitriles is 1. The Morgan fingerprint density at radius 2 is 2.11 bits per heavy atom. The number of halogens is 1. The predicted molar refractivity (Wildman–Crippen MR) is 71.6 cm³/mol. The molecule has 0 aliphatic heterocycles. The van der Waals surface area contributed by atoms with Gasteiger partial charge in [-0.25, -0.2) is 4.98 Å². The van der Waals surface area contributed by atoms with E-state index in [1.807, 2.05) is 24.3 Å². The van der Waals surface area contributed by atoms with Crippen LogP contribution in [0.5, 0.6) is 0 Å². The fourth-order valence-corrected chi connectivity index (χ4v) is 1.70. The molecule has 1 aromatic carbocycles. The maximum absolute atomic E-state index is 11.8. The van der Waals surface area contributed by atoms with Crippen LogP contribution in [0.1, 0.15) is 21.6 Å². The van der Waals surface area contributed by atoms with E-state index in [0.29, 0.717) is 17.1 Å². The fourth-order valence-electron chi connectivity index (χ4n) is 1.50. The van der Waals surface area contributed by atoms with Crippen molar-refractivity contribution in [1.82, 2.24) is 10.3 Å². The molecule has 0 bridgehead atoms. The highest BCUT2D eigenvalue weighted by Crippen LogP contribution is 2.14. The van der Waals surface area contributed by atoms with Crippen LogP contribution in [0.3, 0.4) is 0 Å². The zero-order valence-corrected chi connectivity index (χ0v) is 10.7. The molecule has 19 heavy (non-hydrogen) atoms. The average Bonchev–Trinajstić information content (AvgIpc) is 2.46. The van der Waals surface area contributed by atoms with Gasteiger partial charge in [0.1, 0.15) is 11.8 Å². The monoisotopic (exact) mass is 271 g/mol. The van der Waals surface area contributed by atoms with Crippen LogP contribution in [0.4, 0.5) is 0 Å². The lowest BCUT2D eigenvalue weighted by molar-refractivity contribution is 0.0946. The molecule has 0 radical (unpaired) electrons. The zero-order valence-electron chi connectivity index (χ0n) is 9.93. The summed E-state index contributed by atoms with van der Waals surface area (Å²) in [6.07, 6.45) is 1.37. The Bertz CT molecular complexity index is 632. The van der Waals surface area contributed by atoms with Gasteiger partial charge >= 0.3 is 0 Å². The molecular formula is C14H10ClN3O. The molecule has 0 atom stereocenters. The van der Waals surface area contributed by atoms with Gasteiger partial charge in [0.25, 0.3) is 5.91 Å². The fraction of sp³-hybridized carbons (Fsp3) is 0.0714. The molecule has 1 heterocycles. The lowest BCUT2D eigenvalue weighted by Gasteiger charge is -2.06. The Balaban J connectivity index is 2.02. The summed E-state index contributed by atoms with van der Waals surface area (Å²) >= 11 is 5.99. The average molecular weight is 272 g/mol. The van der Waals surface area contributed by atoms with Crippen molar-refractivity contribution in [2.45, 2.75) is 6.54 Å². The third kappa shape index (κ3) is 3.30. The van der Waals surface area contributed by atoms with Gasteiger partial charge in [0.2, 0.25) is 0 Å². The predicted octanol–water partition coefficient (Wildman–Crippen LogP) is 2.54. The Kier molecular flexibility index (Phi) is 4.11. The van der Waals surface area contributed by atoms with Crippen LogP contribution in [-0.4, -0.2) is 10.9 Å². The molecule has 5 heteroatoms. The Hall–Kier alpha value is -2.38. The lowest BCUT2D eigenvalue weighted by Crippen LogP contribution is -2.23. The standard InChI is InChI=1S/C14H10ClN3O/c15-12-4-2-1-3-11(12)9-18-14(19)13-6-5-10(7-16)8-17-13/h1-6,8H,9H2,(H,18,19). The van der Waals surface area contributed by atoms with Crippen molar-refractivity contribution in [1.29, 1.82) is 5.26 Å². The largest absolute Gasteiger partial charge is 0.347 e. The SMILES string of the molecule is N#Cc1ccc(C(=O)NCc2ccccc2Cl)nc1. The van der Waals surface area contributed by atoms with Crippen LogP contribution in [-0.2, 0) is 6.54 Å². The second kappa shape index (κ2) is 5.98. The van der Waals surface area contributed by atoms with Crippen molar-refractivity contribution in [2.24, 2.45) is 0 Å². The second-order valence-electron chi connectivity index (χ2n) is 3.82. The summed E-state index contributed by atoms with van der Waals surface area (Å²) in [5.41, 5.74) is 1.53. The van der Waals surface area contributed by atoms with Crippen LogP contribution in [0.2, 0.25) is 5.02 Å². The molecule has 2 rings (SSSR count). The van der Waals surface area contributed by atoms with Crippen LogP contribution < -0.4 is 5.32 Å². The molecule has 1 aromatic heterocycles. The summed E-state index contributed by atoms with van der Waals surface area (Å²) in [6, 6.07) is 12.3. The Morgan fingerprint density at radius 3 is 2.74 bits per heavy atom. The summed E-state index contributed by atoms with van der Waals surface area (Å²) in [4.78, 5) is 15.7. The normalized spacial score (nSPS) is 9.68. The van der Waals surface area contributed by atoms with E-state index in [9.17, 15) is 4.79 Å². The molecule has 0 aliphatic rings. The smallest absolute Gasteiger partial charge is 0.270 e. The highest BCUT2D eigenvalue weighted by atomic mass is 35.5. The second-order valence-corrected chi connectivity index (χ2v) is 4.23. The molecule has 94 valence electrons. The number of rotatable bonds is 3. The highest BCUT2D eigenvalue weighted by Gasteiger charge is 2.07. The van der Waals surface area contributed by atoms with Crippen molar-refractivity contribution in [3.8, 4) is 6.07 Å². The minimum Gasteiger partial charge on any atom is -0.347 e. The van der Waals surface area contributed by atoms with Crippen molar-refractivity contribution in [3.05, 3.63) is 64.4 Å². The first-order valence-electron chi connectivity index (χ1n) is 5.58. The third-order valence-electron chi connectivity index (χ3n) is 2.52. The van der Waals surface area contributed by atoms with Crippen molar-refractivity contribution in [3.63, 3.8) is 0 Å². The van der Waals surface area contributed by atoms with Gasteiger partial charge in [-0.05, 0) is 23.8 Å². The summed E-state index contributed by atoms with van der Waals surface area (Å²) in [5, 5.41) is 12.0. The minimum absolute atomic E-state index is 0.269. The van der Waals surface area contributed by atoms with Crippen LogP contribution in [0, 0.1) is 11.3 Å².